The maximum atomic E-state index is 11.6. The molecule has 0 spiro atoms. The molecule has 0 unspecified atom stereocenters. The zero-order chi connectivity index (χ0) is 53.1. The molecule has 0 atom stereocenters. The summed E-state index contributed by atoms with van der Waals surface area (Å²) in [5.74, 6) is -1.30. The van der Waals surface area contributed by atoms with E-state index in [9.17, 15) is 24.0 Å². The summed E-state index contributed by atoms with van der Waals surface area (Å²) in [6.07, 6.45) is 28.3. The van der Waals surface area contributed by atoms with Crippen LogP contribution in [0.5, 0.6) is 0 Å². The number of hydrogen-bond acceptors (Lipinski definition) is 15. The maximum absolute atomic E-state index is 11.6. The summed E-state index contributed by atoms with van der Waals surface area (Å²) in [6.45, 7) is 8.44. The second kappa shape index (κ2) is 76.7. The molecular formula is C51H105NO17. The highest BCUT2D eigenvalue weighted by Crippen LogP contribution is 2.09. The number of ketones is 1. The zero-order valence-electron chi connectivity index (χ0n) is 43.7. The Morgan fingerprint density at radius 3 is 1.17 bits per heavy atom. The molecule has 0 aliphatic rings. The van der Waals surface area contributed by atoms with Crippen LogP contribution in [-0.2, 0) is 38.3 Å². The van der Waals surface area contributed by atoms with Crippen molar-refractivity contribution in [3.05, 3.63) is 0 Å². The molecule has 0 saturated carbocycles. The average Bonchev–Trinajstić information content (AvgIpc) is 3.34. The molecule has 0 fully saturated rings. The zero-order valence-corrected chi connectivity index (χ0v) is 43.7. The fourth-order valence-electron chi connectivity index (χ4n) is 5.51. The number of Topliss-reactive ketones (excluding diaryl/α,β-unsaturated/α-hetero) is 1. The molecule has 0 heterocycles. The van der Waals surface area contributed by atoms with Gasteiger partial charge in [-0.1, -0.05) is 84.5 Å². The van der Waals surface area contributed by atoms with E-state index in [2.05, 4.69) is 28.8 Å². The second-order valence-electron chi connectivity index (χ2n) is 16.4. The quantitative estimate of drug-likeness (QED) is 0.0119. The lowest BCUT2D eigenvalue weighted by molar-refractivity contribution is -0.242. The number of carbonyl (C=O) groups is 5. The first kappa shape index (κ1) is 77.6. The number of amides is 1. The third kappa shape index (κ3) is 99.3. The van der Waals surface area contributed by atoms with Crippen molar-refractivity contribution in [2.24, 2.45) is 0 Å². The number of esters is 1. The van der Waals surface area contributed by atoms with Gasteiger partial charge in [0, 0.05) is 97.9 Å². The van der Waals surface area contributed by atoms with Gasteiger partial charge < -0.3 is 55.6 Å². The highest BCUT2D eigenvalue weighted by molar-refractivity contribution is 5.78. The van der Waals surface area contributed by atoms with Crippen LogP contribution >= 0.6 is 0 Å². The fourth-order valence-corrected chi connectivity index (χ4v) is 5.51. The highest BCUT2D eigenvalue weighted by atomic mass is 17.1. The molecule has 1 amide bonds. The Morgan fingerprint density at radius 1 is 0.391 bits per heavy atom. The SMILES string of the molecule is CCCCCCCNC(=O)CCCCC(=O)O.CCCCCOCCCCCCC(=O)CCCCCO.COC(=O)CCCCCO.O=C(O)CCCCCOO.OCCCCO.OCCCCO. The average molecular weight is 1000 g/mol. The second-order valence-corrected chi connectivity index (χ2v) is 16.4. The van der Waals surface area contributed by atoms with E-state index in [1.54, 1.807) is 0 Å². The molecule has 0 aromatic heterocycles. The molecule has 69 heavy (non-hydrogen) atoms. The number of rotatable bonds is 44. The molecule has 0 saturated heterocycles. The van der Waals surface area contributed by atoms with Gasteiger partial charge in [0.05, 0.1) is 13.7 Å². The number of hydrogen-bond donors (Lipinski definition) is 10. The van der Waals surface area contributed by atoms with Crippen LogP contribution in [0, 0.1) is 0 Å². The van der Waals surface area contributed by atoms with E-state index >= 15 is 0 Å². The number of unbranched alkanes of at least 4 members (excludes halogenated alkanes) is 18. The van der Waals surface area contributed by atoms with E-state index in [0.717, 1.165) is 122 Å². The summed E-state index contributed by atoms with van der Waals surface area (Å²) in [4.78, 5) is 57.4. The number of ether oxygens (including phenoxy) is 2. The van der Waals surface area contributed by atoms with Gasteiger partial charge in [0.2, 0.25) is 5.91 Å². The van der Waals surface area contributed by atoms with Crippen LogP contribution in [0.2, 0.25) is 0 Å². The normalized spacial score (nSPS) is 10.0. The first-order chi connectivity index (χ1) is 33.4. The van der Waals surface area contributed by atoms with Crippen molar-refractivity contribution in [1.82, 2.24) is 5.32 Å². The van der Waals surface area contributed by atoms with E-state index in [1.165, 1.54) is 58.5 Å². The third-order valence-corrected chi connectivity index (χ3v) is 9.67. The molecule has 18 nitrogen and oxygen atoms in total. The monoisotopic (exact) mass is 1000 g/mol. The van der Waals surface area contributed by atoms with Crippen LogP contribution in [0.3, 0.4) is 0 Å². The molecule has 0 bridgehead atoms. The Bertz CT molecular complexity index is 992. The molecule has 416 valence electrons. The molecule has 0 aliphatic heterocycles. The third-order valence-electron chi connectivity index (χ3n) is 9.67. The number of carboxylic acid groups (broad SMARTS) is 2. The molecule has 0 rings (SSSR count). The predicted octanol–water partition coefficient (Wildman–Crippen LogP) is 8.32. The number of nitrogens with one attached hydrogen (secondary N) is 1. The molecule has 0 radical (unpaired) electrons. The first-order valence-corrected chi connectivity index (χ1v) is 26.2. The highest BCUT2D eigenvalue weighted by Gasteiger charge is 2.04. The standard InChI is InChI=1S/C17H34O3.C13H25NO3.C7H14O3.C6H12O4.2C4H10O2/c1-2-3-10-15-20-16-11-5-4-7-12-17(19)13-8-6-9-14-18;1-2-3-4-5-8-11-14-12(15)9-6-7-10-13(16)17;1-10-7(9)5-3-2-4-6-8;7-6(8)4-2-1-3-5-10-9;2*5-3-1-2-4-6/h18H,2-16H2,1H3;2-11H2,1H3,(H,14,15)(H,16,17);8H,2-6H2,1H3;9H,1-5H2,(H,7,8);2*5-6H,1-4H2. The minimum absolute atomic E-state index is 0.0471. The van der Waals surface area contributed by atoms with Gasteiger partial charge >= 0.3 is 17.9 Å². The Balaban J connectivity index is -0.000000183. The summed E-state index contributed by atoms with van der Waals surface area (Å²) < 4.78 is 9.98. The van der Waals surface area contributed by atoms with Gasteiger partial charge in [0.1, 0.15) is 5.78 Å². The summed E-state index contributed by atoms with van der Waals surface area (Å²) in [5.41, 5.74) is 0. The first-order valence-electron chi connectivity index (χ1n) is 26.2. The van der Waals surface area contributed by atoms with Crippen molar-refractivity contribution in [3.63, 3.8) is 0 Å². The largest absolute Gasteiger partial charge is 0.481 e. The van der Waals surface area contributed by atoms with E-state index in [-0.39, 0.29) is 64.4 Å². The van der Waals surface area contributed by atoms with Crippen LogP contribution in [0.1, 0.15) is 226 Å². The number of carboxylic acids is 2. The molecule has 0 aromatic carbocycles. The molecule has 18 heteroatoms. The maximum Gasteiger partial charge on any atom is 0.305 e. The Labute approximate surface area is 417 Å². The topological polar surface area (TPSA) is 307 Å². The lowest BCUT2D eigenvalue weighted by Crippen LogP contribution is -2.24. The molecular weight excluding hydrogens is 899 g/mol. The van der Waals surface area contributed by atoms with Crippen molar-refractivity contribution in [2.75, 3.05) is 73.1 Å². The van der Waals surface area contributed by atoms with Crippen molar-refractivity contribution in [3.8, 4) is 0 Å². The van der Waals surface area contributed by atoms with Crippen molar-refractivity contribution in [1.29, 1.82) is 0 Å². The van der Waals surface area contributed by atoms with Crippen LogP contribution < -0.4 is 5.32 Å². The molecule has 0 aromatic rings. The van der Waals surface area contributed by atoms with E-state index in [0.29, 0.717) is 57.3 Å². The summed E-state index contributed by atoms with van der Waals surface area (Å²) >= 11 is 0. The van der Waals surface area contributed by atoms with Gasteiger partial charge in [-0.25, -0.2) is 4.89 Å². The van der Waals surface area contributed by atoms with Crippen LogP contribution in [0.4, 0.5) is 0 Å². The van der Waals surface area contributed by atoms with Gasteiger partial charge in [0.25, 0.3) is 0 Å². The van der Waals surface area contributed by atoms with Crippen molar-refractivity contribution >= 4 is 29.6 Å². The van der Waals surface area contributed by atoms with Crippen molar-refractivity contribution < 1.29 is 84.4 Å². The molecule has 0 aliphatic carbocycles. The Morgan fingerprint density at radius 2 is 0.725 bits per heavy atom. The summed E-state index contributed by atoms with van der Waals surface area (Å²) in [5, 5.41) is 76.7. The van der Waals surface area contributed by atoms with Gasteiger partial charge in [-0.15, -0.1) is 0 Å². The van der Waals surface area contributed by atoms with Crippen LogP contribution in [0.25, 0.3) is 0 Å². The smallest absolute Gasteiger partial charge is 0.305 e. The fraction of sp³-hybridized carbons (Fsp3) is 0.902. The minimum Gasteiger partial charge on any atom is -0.481 e. The molecule has 10 N–H and O–H groups in total. The number of aliphatic hydroxyl groups excluding tert-OH is 6. The number of carbonyl (C=O) groups excluding carboxylic acids is 3. The van der Waals surface area contributed by atoms with E-state index in [4.69, 9.17) is 50.8 Å². The van der Waals surface area contributed by atoms with Crippen LogP contribution in [-0.4, -0.2) is 149 Å². The van der Waals surface area contributed by atoms with Crippen molar-refractivity contribution in [2.45, 2.75) is 226 Å². The summed E-state index contributed by atoms with van der Waals surface area (Å²) in [7, 11) is 1.38. The van der Waals surface area contributed by atoms with E-state index < -0.39 is 11.9 Å². The van der Waals surface area contributed by atoms with Crippen LogP contribution in [0.15, 0.2) is 0 Å². The number of aliphatic hydroxyl groups is 6. The van der Waals surface area contributed by atoms with Gasteiger partial charge in [-0.2, -0.15) is 0 Å². The Kier molecular flexibility index (Phi) is 86.3. The number of methoxy groups -OCH3 is 1. The lowest BCUT2D eigenvalue weighted by Gasteiger charge is -2.04. The van der Waals surface area contributed by atoms with E-state index in [1.807, 2.05) is 0 Å². The predicted molar refractivity (Wildman–Crippen MR) is 271 cm³/mol. The summed E-state index contributed by atoms with van der Waals surface area (Å²) in [6, 6.07) is 0. The minimum atomic E-state index is -0.790. The number of aliphatic carboxylic acids is 2. The Hall–Kier alpha value is -2.81. The van der Waals surface area contributed by atoms with Gasteiger partial charge in [-0.3, -0.25) is 29.2 Å². The van der Waals surface area contributed by atoms with Gasteiger partial charge in [-0.05, 0) is 103 Å². The lowest BCUT2D eigenvalue weighted by atomic mass is 10.1. The van der Waals surface area contributed by atoms with Gasteiger partial charge in [0.15, 0.2) is 0 Å².